The van der Waals surface area contributed by atoms with Gasteiger partial charge in [-0.25, -0.2) is 0 Å². The van der Waals surface area contributed by atoms with Gasteiger partial charge in [0.25, 0.3) is 0 Å². The number of hydrogen-bond acceptors (Lipinski definition) is 4. The molecule has 2 fully saturated rings. The zero-order chi connectivity index (χ0) is 9.53. The Morgan fingerprint density at radius 1 is 1.38 bits per heavy atom. The van der Waals surface area contributed by atoms with Gasteiger partial charge in [-0.05, 0) is 12.8 Å². The first kappa shape index (κ1) is 9.40. The second-order valence-corrected chi connectivity index (χ2v) is 4.10. The van der Waals surface area contributed by atoms with E-state index in [1.807, 2.05) is 0 Å². The molecule has 1 saturated heterocycles. The molecular formula is C9H16O4. The minimum absolute atomic E-state index is 0.00493. The number of ether oxygens (including phenoxy) is 1. The average molecular weight is 188 g/mol. The molecular weight excluding hydrogens is 172 g/mol. The molecule has 3 atom stereocenters. The lowest BCUT2D eigenvalue weighted by Gasteiger charge is -2.36. The highest BCUT2D eigenvalue weighted by Gasteiger charge is 2.64. The van der Waals surface area contributed by atoms with Crippen molar-refractivity contribution in [2.75, 3.05) is 19.8 Å². The topological polar surface area (TPSA) is 69.9 Å². The van der Waals surface area contributed by atoms with E-state index in [2.05, 4.69) is 0 Å². The lowest BCUT2D eigenvalue weighted by molar-refractivity contribution is -0.140. The van der Waals surface area contributed by atoms with E-state index in [0.29, 0.717) is 13.0 Å². The van der Waals surface area contributed by atoms with Crippen LogP contribution in [0.15, 0.2) is 0 Å². The van der Waals surface area contributed by atoms with Gasteiger partial charge in [0.15, 0.2) is 0 Å². The maximum Gasteiger partial charge on any atom is 0.122 e. The Morgan fingerprint density at radius 2 is 2.15 bits per heavy atom. The van der Waals surface area contributed by atoms with Crippen molar-refractivity contribution >= 4 is 0 Å². The van der Waals surface area contributed by atoms with Gasteiger partial charge in [-0.3, -0.25) is 0 Å². The van der Waals surface area contributed by atoms with Crippen LogP contribution < -0.4 is 0 Å². The van der Waals surface area contributed by atoms with Crippen LogP contribution in [-0.4, -0.2) is 46.3 Å². The van der Waals surface area contributed by atoms with Crippen molar-refractivity contribution in [3.63, 3.8) is 0 Å². The molecule has 2 bridgehead atoms. The first-order chi connectivity index (χ1) is 6.18. The molecule has 0 aromatic rings. The van der Waals surface area contributed by atoms with Crippen LogP contribution in [0.3, 0.4) is 0 Å². The quantitative estimate of drug-likeness (QED) is 0.546. The van der Waals surface area contributed by atoms with Gasteiger partial charge in [0.2, 0.25) is 0 Å². The fourth-order valence-electron chi connectivity index (χ4n) is 2.78. The summed E-state index contributed by atoms with van der Waals surface area (Å²) >= 11 is 0. The molecule has 2 rings (SSSR count). The van der Waals surface area contributed by atoms with Crippen LogP contribution >= 0.6 is 0 Å². The summed E-state index contributed by atoms with van der Waals surface area (Å²) < 4.78 is 5.52. The summed E-state index contributed by atoms with van der Waals surface area (Å²) in [5.41, 5.74) is -1.79. The molecule has 0 spiro atoms. The molecule has 0 aromatic heterocycles. The molecule has 2 aliphatic rings. The monoisotopic (exact) mass is 188 g/mol. The van der Waals surface area contributed by atoms with Crippen molar-refractivity contribution in [3.05, 3.63) is 0 Å². The molecule has 1 aliphatic heterocycles. The van der Waals surface area contributed by atoms with Crippen molar-refractivity contribution in [3.8, 4) is 0 Å². The van der Waals surface area contributed by atoms with E-state index >= 15 is 0 Å². The number of aliphatic hydroxyl groups is 3. The van der Waals surface area contributed by atoms with Crippen molar-refractivity contribution in [1.82, 2.24) is 0 Å². The third-order valence-corrected chi connectivity index (χ3v) is 3.68. The molecule has 1 unspecified atom stereocenters. The van der Waals surface area contributed by atoms with E-state index in [-0.39, 0.29) is 19.1 Å². The summed E-state index contributed by atoms with van der Waals surface area (Å²) in [6.07, 6.45) is 2.05. The minimum Gasteiger partial charge on any atom is -0.396 e. The van der Waals surface area contributed by atoms with E-state index in [9.17, 15) is 10.2 Å². The zero-order valence-corrected chi connectivity index (χ0v) is 7.57. The summed E-state index contributed by atoms with van der Waals surface area (Å²) in [6, 6.07) is 0. The summed E-state index contributed by atoms with van der Waals surface area (Å²) in [5.74, 6) is 0.0454. The van der Waals surface area contributed by atoms with Gasteiger partial charge in [-0.1, -0.05) is 0 Å². The second-order valence-electron chi connectivity index (χ2n) is 4.10. The van der Waals surface area contributed by atoms with Gasteiger partial charge >= 0.3 is 0 Å². The van der Waals surface area contributed by atoms with Gasteiger partial charge in [0.1, 0.15) is 11.2 Å². The van der Waals surface area contributed by atoms with Crippen LogP contribution in [0.4, 0.5) is 0 Å². The van der Waals surface area contributed by atoms with E-state index in [1.54, 1.807) is 0 Å². The summed E-state index contributed by atoms with van der Waals surface area (Å²) in [7, 11) is 0. The Labute approximate surface area is 77.1 Å². The van der Waals surface area contributed by atoms with Crippen molar-refractivity contribution in [1.29, 1.82) is 0 Å². The fourth-order valence-corrected chi connectivity index (χ4v) is 2.78. The fraction of sp³-hybridized carbons (Fsp3) is 1.00. The summed E-state index contributed by atoms with van der Waals surface area (Å²) in [6.45, 7) is 0.240. The third-order valence-electron chi connectivity index (χ3n) is 3.68. The lowest BCUT2D eigenvalue weighted by Crippen LogP contribution is -2.52. The first-order valence-electron chi connectivity index (χ1n) is 4.76. The Bertz CT molecular complexity index is 198. The number of rotatable bonds is 3. The Balaban J connectivity index is 2.26. The van der Waals surface area contributed by atoms with Gasteiger partial charge in [0.05, 0.1) is 13.2 Å². The van der Waals surface area contributed by atoms with Gasteiger partial charge in [-0.15, -0.1) is 0 Å². The molecule has 1 saturated carbocycles. The molecule has 13 heavy (non-hydrogen) atoms. The highest BCUT2D eigenvalue weighted by molar-refractivity contribution is 5.14. The van der Waals surface area contributed by atoms with Crippen LogP contribution in [0.2, 0.25) is 0 Å². The molecule has 0 amide bonds. The predicted molar refractivity (Wildman–Crippen MR) is 45.1 cm³/mol. The smallest absolute Gasteiger partial charge is 0.122 e. The Morgan fingerprint density at radius 3 is 2.62 bits per heavy atom. The zero-order valence-electron chi connectivity index (χ0n) is 7.57. The van der Waals surface area contributed by atoms with Crippen LogP contribution in [0, 0.1) is 5.92 Å². The van der Waals surface area contributed by atoms with Crippen LogP contribution in [0.5, 0.6) is 0 Å². The maximum absolute atomic E-state index is 10.2. The molecule has 1 heterocycles. The van der Waals surface area contributed by atoms with Gasteiger partial charge < -0.3 is 20.1 Å². The SMILES string of the molecule is OCC[C@]12CC[C@H](CO1)C2(O)CO. The Hall–Kier alpha value is -0.160. The molecule has 4 nitrogen and oxygen atoms in total. The predicted octanol–water partition coefficient (Wildman–Crippen LogP) is -0.729. The van der Waals surface area contributed by atoms with Crippen molar-refractivity contribution in [2.45, 2.75) is 30.5 Å². The van der Waals surface area contributed by atoms with Gasteiger partial charge in [-0.2, -0.15) is 0 Å². The standard InChI is InChI=1S/C9H16O4/c10-4-3-8-2-1-7(5-13-8)9(8,12)6-11/h7,10-12H,1-6H2/t7-,8+,9?/m1/s1. The average Bonchev–Trinajstić information content (AvgIpc) is 2.57. The molecule has 3 N–H and O–H groups in total. The van der Waals surface area contributed by atoms with Crippen LogP contribution in [0.1, 0.15) is 19.3 Å². The first-order valence-corrected chi connectivity index (χ1v) is 4.76. The third kappa shape index (κ3) is 1.00. The highest BCUT2D eigenvalue weighted by Crippen LogP contribution is 2.53. The van der Waals surface area contributed by atoms with Gasteiger partial charge in [0, 0.05) is 18.9 Å². The molecule has 4 heteroatoms. The maximum atomic E-state index is 10.2. The van der Waals surface area contributed by atoms with Crippen molar-refractivity contribution < 1.29 is 20.1 Å². The minimum atomic E-state index is -1.12. The van der Waals surface area contributed by atoms with E-state index < -0.39 is 11.2 Å². The lowest BCUT2D eigenvalue weighted by atomic mass is 9.82. The number of hydrogen-bond donors (Lipinski definition) is 3. The highest BCUT2D eigenvalue weighted by atomic mass is 16.5. The normalized spacial score (nSPS) is 48.7. The second kappa shape index (κ2) is 2.92. The van der Waals surface area contributed by atoms with E-state index in [4.69, 9.17) is 9.84 Å². The number of fused-ring (bicyclic) bond motifs is 2. The summed E-state index contributed by atoms with van der Waals surface area (Å²) in [5, 5.41) is 28.3. The summed E-state index contributed by atoms with van der Waals surface area (Å²) in [4.78, 5) is 0. The van der Waals surface area contributed by atoms with E-state index in [0.717, 1.165) is 12.8 Å². The largest absolute Gasteiger partial charge is 0.396 e. The number of aliphatic hydroxyl groups excluding tert-OH is 2. The molecule has 0 aromatic carbocycles. The molecule has 1 aliphatic carbocycles. The van der Waals surface area contributed by atoms with E-state index in [1.165, 1.54) is 0 Å². The molecule has 0 radical (unpaired) electrons. The molecule has 76 valence electrons. The Kier molecular flexibility index (Phi) is 2.11. The van der Waals surface area contributed by atoms with Crippen molar-refractivity contribution in [2.24, 2.45) is 5.92 Å². The van der Waals surface area contributed by atoms with Crippen LogP contribution in [-0.2, 0) is 4.74 Å². The van der Waals surface area contributed by atoms with Crippen LogP contribution in [0.25, 0.3) is 0 Å².